The molecule has 0 bridgehead atoms. The largest absolute Gasteiger partial charge is 0.469 e. The van der Waals surface area contributed by atoms with Crippen molar-refractivity contribution in [1.82, 2.24) is 0 Å². The molecule has 130 valence electrons. The Bertz CT molecular complexity index is 506. The van der Waals surface area contributed by atoms with Crippen molar-refractivity contribution in [3.63, 3.8) is 0 Å². The van der Waals surface area contributed by atoms with Gasteiger partial charge in [0.1, 0.15) is 5.82 Å². The summed E-state index contributed by atoms with van der Waals surface area (Å²) in [5.41, 5.74) is 0.959. The maximum Gasteiger partial charge on any atom is 0.305 e. The zero-order valence-corrected chi connectivity index (χ0v) is 16.1. The molecule has 1 rings (SSSR count). The van der Waals surface area contributed by atoms with Crippen LogP contribution in [0, 0.1) is 5.82 Å². The van der Waals surface area contributed by atoms with Crippen LogP contribution in [0.25, 0.3) is 0 Å². The van der Waals surface area contributed by atoms with E-state index in [0.29, 0.717) is 19.3 Å². The van der Waals surface area contributed by atoms with E-state index in [4.69, 9.17) is 4.43 Å². The van der Waals surface area contributed by atoms with E-state index in [9.17, 15) is 9.18 Å². The van der Waals surface area contributed by atoms with Gasteiger partial charge in [0.25, 0.3) is 0 Å². The molecule has 0 N–H and O–H groups in total. The Morgan fingerprint density at radius 1 is 1.22 bits per heavy atom. The normalized spacial score (nSPS) is 13.7. The zero-order valence-electron chi connectivity index (χ0n) is 15.1. The van der Waals surface area contributed by atoms with Crippen LogP contribution in [-0.2, 0) is 14.0 Å². The summed E-state index contributed by atoms with van der Waals surface area (Å²) in [4.78, 5) is 11.3. The van der Waals surface area contributed by atoms with Crippen molar-refractivity contribution >= 4 is 14.3 Å². The number of hydrogen-bond donors (Lipinski definition) is 0. The number of hydrogen-bond acceptors (Lipinski definition) is 3. The molecule has 0 saturated carbocycles. The quantitative estimate of drug-likeness (QED) is 0.503. The topological polar surface area (TPSA) is 35.5 Å². The summed E-state index contributed by atoms with van der Waals surface area (Å²) in [6.07, 6.45) is 1.65. The molecule has 0 radical (unpaired) electrons. The average molecular weight is 341 g/mol. The predicted octanol–water partition coefficient (Wildman–Crippen LogP) is 5.23. The Balaban J connectivity index is 2.88. The van der Waals surface area contributed by atoms with Gasteiger partial charge in [0.15, 0.2) is 8.32 Å². The van der Waals surface area contributed by atoms with Gasteiger partial charge in [0.2, 0.25) is 0 Å². The number of esters is 1. The van der Waals surface area contributed by atoms with E-state index in [1.165, 1.54) is 19.2 Å². The second-order valence-electron chi connectivity index (χ2n) is 7.39. The molecule has 1 unspecified atom stereocenters. The lowest BCUT2D eigenvalue weighted by molar-refractivity contribution is -0.140. The molecule has 0 aromatic heterocycles. The molecule has 1 aromatic rings. The fraction of sp³-hybridized carbons (Fsp3) is 0.611. The molecule has 0 aliphatic rings. The predicted molar refractivity (Wildman–Crippen MR) is 93.3 cm³/mol. The van der Waals surface area contributed by atoms with Gasteiger partial charge in [-0.3, -0.25) is 4.79 Å². The van der Waals surface area contributed by atoms with Crippen molar-refractivity contribution < 1.29 is 18.3 Å². The van der Waals surface area contributed by atoms with Gasteiger partial charge >= 0.3 is 5.97 Å². The number of benzene rings is 1. The van der Waals surface area contributed by atoms with Crippen LogP contribution in [0.2, 0.25) is 18.1 Å². The number of ether oxygens (including phenoxy) is 1. The highest BCUT2D eigenvalue weighted by Gasteiger charge is 2.39. The summed E-state index contributed by atoms with van der Waals surface area (Å²) in [7, 11) is -0.565. The highest BCUT2D eigenvalue weighted by atomic mass is 28.4. The number of methoxy groups -OCH3 is 1. The lowest BCUT2D eigenvalue weighted by Gasteiger charge is -2.39. The fourth-order valence-electron chi connectivity index (χ4n) is 2.04. The summed E-state index contributed by atoms with van der Waals surface area (Å²) in [6, 6.07) is 6.45. The Kier molecular flexibility index (Phi) is 6.95. The van der Waals surface area contributed by atoms with Crippen LogP contribution < -0.4 is 0 Å². The summed E-state index contributed by atoms with van der Waals surface area (Å²) in [5, 5.41) is 0.0909. The van der Waals surface area contributed by atoms with Gasteiger partial charge in [0.05, 0.1) is 13.2 Å². The van der Waals surface area contributed by atoms with Crippen LogP contribution in [0.3, 0.4) is 0 Å². The molecule has 0 fully saturated rings. The van der Waals surface area contributed by atoms with Crippen LogP contribution >= 0.6 is 0 Å². The van der Waals surface area contributed by atoms with E-state index in [2.05, 4.69) is 38.6 Å². The fourth-order valence-corrected chi connectivity index (χ4v) is 3.36. The molecule has 3 nitrogen and oxygen atoms in total. The number of carbonyl (C=O) groups excluding carboxylic acids is 1. The molecule has 0 aliphatic heterocycles. The van der Waals surface area contributed by atoms with E-state index < -0.39 is 8.32 Å². The minimum Gasteiger partial charge on any atom is -0.469 e. The third-order valence-electron chi connectivity index (χ3n) is 4.56. The number of carbonyl (C=O) groups is 1. The summed E-state index contributed by atoms with van der Waals surface area (Å²) in [6.45, 7) is 11.0. The Hall–Kier alpha value is -1.20. The van der Waals surface area contributed by atoms with Crippen LogP contribution in [-0.4, -0.2) is 21.4 Å². The van der Waals surface area contributed by atoms with E-state index in [-0.39, 0.29) is 22.9 Å². The van der Waals surface area contributed by atoms with E-state index in [0.717, 1.165) is 5.56 Å². The standard InChI is InChI=1S/C18H29FO3Si/c1-18(2,3)23(5,6)22-16(8-7-9-17(20)21-4)14-10-12-15(19)13-11-14/h10-13,16H,7-9H2,1-6H3. The maximum atomic E-state index is 13.2. The molecule has 0 aliphatic carbocycles. The van der Waals surface area contributed by atoms with Crippen molar-refractivity contribution in [2.45, 2.75) is 64.3 Å². The van der Waals surface area contributed by atoms with E-state index in [1.807, 2.05) is 0 Å². The summed E-state index contributed by atoms with van der Waals surface area (Å²) in [5.74, 6) is -0.468. The van der Waals surface area contributed by atoms with Crippen molar-refractivity contribution in [2.75, 3.05) is 7.11 Å². The highest BCUT2D eigenvalue weighted by molar-refractivity contribution is 6.74. The van der Waals surface area contributed by atoms with Gasteiger partial charge in [-0.15, -0.1) is 0 Å². The van der Waals surface area contributed by atoms with Crippen LogP contribution in [0.1, 0.15) is 51.7 Å². The van der Waals surface area contributed by atoms with E-state index in [1.54, 1.807) is 12.1 Å². The smallest absolute Gasteiger partial charge is 0.305 e. The first-order valence-electron chi connectivity index (χ1n) is 8.07. The lowest BCUT2D eigenvalue weighted by Crippen LogP contribution is -2.41. The number of halogens is 1. The Morgan fingerprint density at radius 2 is 1.78 bits per heavy atom. The zero-order chi connectivity index (χ0) is 17.7. The van der Waals surface area contributed by atoms with Crippen molar-refractivity contribution in [1.29, 1.82) is 0 Å². The molecular formula is C18H29FO3Si. The van der Waals surface area contributed by atoms with Crippen LogP contribution in [0.5, 0.6) is 0 Å². The van der Waals surface area contributed by atoms with Gasteiger partial charge in [-0.05, 0) is 48.7 Å². The molecule has 23 heavy (non-hydrogen) atoms. The van der Waals surface area contributed by atoms with Gasteiger partial charge in [-0.2, -0.15) is 0 Å². The SMILES string of the molecule is COC(=O)CCCC(O[Si](C)(C)C(C)(C)C)c1ccc(F)cc1. The second kappa shape index (κ2) is 8.06. The van der Waals surface area contributed by atoms with Gasteiger partial charge in [-0.25, -0.2) is 4.39 Å². The Labute approximate surface area is 140 Å². The first kappa shape index (κ1) is 19.8. The van der Waals surface area contributed by atoms with E-state index >= 15 is 0 Å². The highest BCUT2D eigenvalue weighted by Crippen LogP contribution is 2.40. The lowest BCUT2D eigenvalue weighted by atomic mass is 10.0. The van der Waals surface area contributed by atoms with Gasteiger partial charge < -0.3 is 9.16 Å². The third kappa shape index (κ3) is 6.07. The second-order valence-corrected chi connectivity index (χ2v) is 12.1. The Morgan fingerprint density at radius 3 is 2.26 bits per heavy atom. The first-order chi connectivity index (χ1) is 10.6. The maximum absolute atomic E-state index is 13.2. The van der Waals surface area contributed by atoms with Crippen LogP contribution in [0.15, 0.2) is 24.3 Å². The van der Waals surface area contributed by atoms with Gasteiger partial charge in [0, 0.05) is 6.42 Å². The van der Waals surface area contributed by atoms with Crippen molar-refractivity contribution in [3.8, 4) is 0 Å². The molecule has 0 saturated heterocycles. The minimum atomic E-state index is -1.96. The van der Waals surface area contributed by atoms with Crippen molar-refractivity contribution in [2.24, 2.45) is 0 Å². The molecule has 0 amide bonds. The van der Waals surface area contributed by atoms with Crippen molar-refractivity contribution in [3.05, 3.63) is 35.6 Å². The molecule has 0 spiro atoms. The number of rotatable bonds is 7. The third-order valence-corrected chi connectivity index (χ3v) is 9.05. The molecule has 1 aromatic carbocycles. The molecular weight excluding hydrogens is 311 g/mol. The monoisotopic (exact) mass is 340 g/mol. The summed E-state index contributed by atoms with van der Waals surface area (Å²) >= 11 is 0. The first-order valence-corrected chi connectivity index (χ1v) is 11.0. The molecule has 5 heteroatoms. The average Bonchev–Trinajstić information content (AvgIpc) is 2.45. The molecule has 0 heterocycles. The van der Waals surface area contributed by atoms with Crippen LogP contribution in [0.4, 0.5) is 4.39 Å². The summed E-state index contributed by atoms with van der Waals surface area (Å²) < 4.78 is 24.4. The molecule has 1 atom stereocenters. The minimum absolute atomic E-state index is 0.0909. The van der Waals surface area contributed by atoms with Gasteiger partial charge in [-0.1, -0.05) is 32.9 Å².